The van der Waals surface area contributed by atoms with Crippen LogP contribution in [0, 0.1) is 0 Å². The van der Waals surface area contributed by atoms with Crippen LogP contribution in [0.3, 0.4) is 0 Å². The lowest BCUT2D eigenvalue weighted by Gasteiger charge is -2.13. The summed E-state index contributed by atoms with van der Waals surface area (Å²) in [6, 6.07) is 6.78. The third kappa shape index (κ3) is 1.91. The Hall–Kier alpha value is -1.84. The quantitative estimate of drug-likeness (QED) is 0.706. The molecule has 1 aromatic carbocycles. The standard InChI is InChI=1S/C12H13NO3/c1-16-10-6-4-9(5-7-10)12(15)13-8-2-3-11(13)14/h4-7H,2-3,8H2,1H3/i12-1. The molecule has 0 saturated carbocycles. The van der Waals surface area contributed by atoms with Gasteiger partial charge in [-0.3, -0.25) is 14.5 Å². The highest BCUT2D eigenvalue weighted by Crippen LogP contribution is 2.16. The van der Waals surface area contributed by atoms with Crippen LogP contribution in [0.2, 0.25) is 0 Å². The van der Waals surface area contributed by atoms with Crippen molar-refractivity contribution < 1.29 is 14.3 Å². The molecule has 1 saturated heterocycles. The molecule has 16 heavy (non-hydrogen) atoms. The number of imide groups is 1. The van der Waals surface area contributed by atoms with Gasteiger partial charge in [0.1, 0.15) is 5.75 Å². The second kappa shape index (κ2) is 4.35. The van der Waals surface area contributed by atoms with Crippen molar-refractivity contribution in [3.05, 3.63) is 29.8 Å². The summed E-state index contributed by atoms with van der Waals surface area (Å²) in [7, 11) is 1.57. The number of rotatable bonds is 2. The van der Waals surface area contributed by atoms with Crippen LogP contribution in [-0.2, 0) is 4.79 Å². The number of ether oxygens (including phenoxy) is 1. The van der Waals surface area contributed by atoms with E-state index in [0.29, 0.717) is 24.3 Å². The summed E-state index contributed by atoms with van der Waals surface area (Å²) in [6.07, 6.45) is 1.24. The van der Waals surface area contributed by atoms with E-state index < -0.39 is 0 Å². The van der Waals surface area contributed by atoms with Gasteiger partial charge in [0.05, 0.1) is 7.11 Å². The normalized spacial score (nSPS) is 15.3. The lowest BCUT2D eigenvalue weighted by molar-refractivity contribution is -0.125. The first-order valence-corrected chi connectivity index (χ1v) is 5.21. The highest BCUT2D eigenvalue weighted by atomic mass is 16.5. The first-order valence-electron chi connectivity index (χ1n) is 5.21. The van der Waals surface area contributed by atoms with Crippen LogP contribution in [0.1, 0.15) is 23.2 Å². The maximum atomic E-state index is 11.9. The number of hydrogen-bond acceptors (Lipinski definition) is 3. The number of amides is 2. The highest BCUT2D eigenvalue weighted by Gasteiger charge is 2.26. The zero-order chi connectivity index (χ0) is 11.5. The van der Waals surface area contributed by atoms with Crippen LogP contribution < -0.4 is 4.74 Å². The zero-order valence-corrected chi connectivity index (χ0v) is 9.10. The monoisotopic (exact) mass is 218 g/mol. The molecule has 0 unspecified atom stereocenters. The minimum atomic E-state index is -0.217. The van der Waals surface area contributed by atoms with Gasteiger partial charge < -0.3 is 4.74 Å². The Labute approximate surface area is 93.8 Å². The van der Waals surface area contributed by atoms with E-state index in [1.165, 1.54) is 4.90 Å². The summed E-state index contributed by atoms with van der Waals surface area (Å²) in [5.41, 5.74) is 0.524. The molecule has 0 atom stereocenters. The molecule has 4 nitrogen and oxygen atoms in total. The van der Waals surface area contributed by atoms with E-state index in [1.807, 2.05) is 0 Å². The van der Waals surface area contributed by atoms with Gasteiger partial charge in [0.2, 0.25) is 5.91 Å². The van der Waals surface area contributed by atoms with Gasteiger partial charge in [-0.1, -0.05) is 0 Å². The largest absolute Gasteiger partial charge is 0.497 e. The van der Waals surface area contributed by atoms with Crippen LogP contribution in [-0.4, -0.2) is 30.4 Å². The molecule has 2 amide bonds. The summed E-state index contributed by atoms with van der Waals surface area (Å²) < 4.78 is 5.00. The molecule has 1 aromatic rings. The maximum absolute atomic E-state index is 11.9. The number of benzene rings is 1. The predicted octanol–water partition coefficient (Wildman–Crippen LogP) is 1.46. The van der Waals surface area contributed by atoms with Crippen molar-refractivity contribution in [2.75, 3.05) is 13.7 Å². The molecule has 0 spiro atoms. The number of methoxy groups -OCH3 is 1. The van der Waals surface area contributed by atoms with Crippen molar-refractivity contribution in [3.8, 4) is 5.75 Å². The molecule has 1 heterocycles. The molecule has 0 N–H and O–H groups in total. The van der Waals surface area contributed by atoms with Gasteiger partial charge in [-0.05, 0) is 30.7 Å². The third-order valence-corrected chi connectivity index (χ3v) is 2.66. The molecule has 1 aliphatic rings. The number of carbonyl (C=O) groups excluding carboxylic acids is 2. The van der Waals surface area contributed by atoms with E-state index >= 15 is 0 Å². The Kier molecular flexibility index (Phi) is 2.90. The minimum absolute atomic E-state index is 0.0826. The molecule has 0 aromatic heterocycles. The van der Waals surface area contributed by atoms with Crippen molar-refractivity contribution in [1.82, 2.24) is 4.90 Å². The van der Waals surface area contributed by atoms with Gasteiger partial charge >= 0.3 is 0 Å². The summed E-state index contributed by atoms with van der Waals surface area (Å²) in [6.45, 7) is 0.531. The fraction of sp³-hybridized carbons (Fsp3) is 0.333. The van der Waals surface area contributed by atoms with E-state index in [0.717, 1.165) is 6.42 Å². The molecule has 2 rings (SSSR count). The number of hydrogen-bond donors (Lipinski definition) is 0. The average Bonchev–Trinajstić information content (AvgIpc) is 2.75. The van der Waals surface area contributed by atoms with Gasteiger partial charge in [0.15, 0.2) is 0 Å². The zero-order valence-electron chi connectivity index (χ0n) is 9.10. The number of nitrogens with zero attached hydrogens (tertiary/aromatic N) is 1. The highest BCUT2D eigenvalue weighted by molar-refractivity contribution is 6.05. The Morgan fingerprint density at radius 3 is 2.50 bits per heavy atom. The van der Waals surface area contributed by atoms with Crippen LogP contribution in [0.4, 0.5) is 0 Å². The summed E-state index contributed by atoms with van der Waals surface area (Å²) in [5.74, 6) is 0.398. The first kappa shape index (κ1) is 10.7. The van der Waals surface area contributed by atoms with Crippen molar-refractivity contribution in [3.63, 3.8) is 0 Å². The van der Waals surface area contributed by atoms with Crippen LogP contribution >= 0.6 is 0 Å². The predicted molar refractivity (Wildman–Crippen MR) is 58.3 cm³/mol. The molecule has 0 radical (unpaired) electrons. The maximum Gasteiger partial charge on any atom is 0.260 e. The Balaban J connectivity index is 2.17. The molecule has 4 heteroatoms. The van der Waals surface area contributed by atoms with Crippen molar-refractivity contribution in [1.29, 1.82) is 0 Å². The Morgan fingerprint density at radius 2 is 2.00 bits per heavy atom. The van der Waals surface area contributed by atoms with Crippen LogP contribution in [0.25, 0.3) is 0 Å². The van der Waals surface area contributed by atoms with Crippen molar-refractivity contribution in [2.45, 2.75) is 12.8 Å². The first-order chi connectivity index (χ1) is 7.72. The lowest BCUT2D eigenvalue weighted by atomic mass is 9.86. The van der Waals surface area contributed by atoms with E-state index in [2.05, 4.69) is 0 Å². The van der Waals surface area contributed by atoms with Crippen molar-refractivity contribution >= 4 is 11.8 Å². The topological polar surface area (TPSA) is 46.6 Å². The fourth-order valence-corrected chi connectivity index (χ4v) is 1.75. The van der Waals surface area contributed by atoms with Gasteiger partial charge in [0.25, 0.3) is 5.91 Å². The Morgan fingerprint density at radius 1 is 1.31 bits per heavy atom. The summed E-state index contributed by atoms with van der Waals surface area (Å²) in [4.78, 5) is 24.6. The van der Waals surface area contributed by atoms with Gasteiger partial charge in [-0.25, -0.2) is 0 Å². The van der Waals surface area contributed by atoms with Crippen LogP contribution in [0.5, 0.6) is 5.75 Å². The SMILES string of the molecule is COc1ccc([11C](=O)N2CCCC2=O)cc1. The summed E-state index contributed by atoms with van der Waals surface area (Å²) >= 11 is 0. The summed E-state index contributed by atoms with van der Waals surface area (Å²) in [5, 5.41) is 0. The van der Waals surface area contributed by atoms with E-state index in [1.54, 1.807) is 31.4 Å². The lowest BCUT2D eigenvalue weighted by Crippen LogP contribution is -2.31. The molecule has 1 aliphatic heterocycles. The number of carbonyl (C=O) groups is 2. The third-order valence-electron chi connectivity index (χ3n) is 2.66. The smallest absolute Gasteiger partial charge is 0.260 e. The average molecular weight is 218 g/mol. The van der Waals surface area contributed by atoms with Gasteiger partial charge in [-0.15, -0.1) is 0 Å². The molecule has 1 fully saturated rings. The minimum Gasteiger partial charge on any atom is -0.497 e. The molecule has 0 bridgehead atoms. The van der Waals surface area contributed by atoms with Gasteiger partial charge in [-0.2, -0.15) is 0 Å². The fourth-order valence-electron chi connectivity index (χ4n) is 1.75. The second-order valence-electron chi connectivity index (χ2n) is 3.68. The number of likely N-dealkylation sites (tertiary alicyclic amines) is 1. The van der Waals surface area contributed by atoms with Crippen molar-refractivity contribution in [2.24, 2.45) is 0 Å². The molecule has 84 valence electrons. The van der Waals surface area contributed by atoms with Gasteiger partial charge in [0, 0.05) is 18.5 Å². The van der Waals surface area contributed by atoms with E-state index in [4.69, 9.17) is 4.74 Å². The molecular weight excluding hydrogens is 205 g/mol. The van der Waals surface area contributed by atoms with Crippen LogP contribution in [0.15, 0.2) is 24.3 Å². The van der Waals surface area contributed by atoms with E-state index in [9.17, 15) is 9.59 Å². The molecule has 0 aliphatic carbocycles. The Bertz CT molecular complexity index is 411. The molecular formula is C12H13NO3. The van der Waals surface area contributed by atoms with E-state index in [-0.39, 0.29) is 11.8 Å². The second-order valence-corrected chi connectivity index (χ2v) is 3.68.